The van der Waals surface area contributed by atoms with Crippen LogP contribution in [0.4, 0.5) is 0 Å². The van der Waals surface area contributed by atoms with Crippen LogP contribution in [0, 0.1) is 0 Å². The summed E-state index contributed by atoms with van der Waals surface area (Å²) >= 11 is 0. The Kier molecular flexibility index (Phi) is 5.80. The van der Waals surface area contributed by atoms with Crippen LogP contribution >= 0.6 is 0 Å². The molecule has 0 radical (unpaired) electrons. The Morgan fingerprint density at radius 1 is 1.37 bits per heavy atom. The Bertz CT molecular complexity index is 870. The fraction of sp³-hybridized carbons (Fsp3) is 0.300. The van der Waals surface area contributed by atoms with Gasteiger partial charge < -0.3 is 25.1 Å². The average molecular weight is 368 g/mol. The van der Waals surface area contributed by atoms with Crippen LogP contribution in [0.25, 0.3) is 5.57 Å². The molecule has 0 fully saturated rings. The van der Waals surface area contributed by atoms with Crippen LogP contribution in [-0.4, -0.2) is 44.0 Å². The number of aliphatic imine (C=N–C) groups is 1. The number of nitrogens with one attached hydrogen (secondary N) is 1. The van der Waals surface area contributed by atoms with Crippen LogP contribution < -0.4 is 15.8 Å². The van der Waals surface area contributed by atoms with Gasteiger partial charge in [0.25, 0.3) is 5.91 Å². The third-order valence-electron chi connectivity index (χ3n) is 4.49. The van der Waals surface area contributed by atoms with Gasteiger partial charge in [0.2, 0.25) is 0 Å². The summed E-state index contributed by atoms with van der Waals surface area (Å²) in [5.74, 6) is 1.87. The lowest BCUT2D eigenvalue weighted by atomic mass is 9.99. The largest absolute Gasteiger partial charge is 0.497 e. The highest BCUT2D eigenvalue weighted by Gasteiger charge is 2.17. The zero-order chi connectivity index (χ0) is 19.2. The Morgan fingerprint density at radius 2 is 2.22 bits per heavy atom. The summed E-state index contributed by atoms with van der Waals surface area (Å²) in [7, 11) is 3.43. The van der Waals surface area contributed by atoms with Gasteiger partial charge in [-0.1, -0.05) is 18.2 Å². The van der Waals surface area contributed by atoms with Gasteiger partial charge in [-0.05, 0) is 41.8 Å². The van der Waals surface area contributed by atoms with Crippen molar-refractivity contribution in [2.75, 3.05) is 27.2 Å². The molecule has 7 heteroatoms. The van der Waals surface area contributed by atoms with Crippen molar-refractivity contribution in [1.82, 2.24) is 10.2 Å². The molecule has 0 unspecified atom stereocenters. The molecule has 0 aliphatic carbocycles. The molecular formula is C20H24N4O3. The number of benzene rings is 1. The standard InChI is InChI=1S/C20H24N4O3/c1-22-20(23-13-17-6-7-18(27-17)19(21)25)24-10-8-14(9-11-24)15-4-3-5-16(12-15)26-2/h3-8,12H,9-11,13H2,1-2H3,(H2,21,25)(H,22,23). The summed E-state index contributed by atoms with van der Waals surface area (Å²) in [5.41, 5.74) is 7.70. The van der Waals surface area contributed by atoms with Gasteiger partial charge in [0.05, 0.1) is 13.7 Å². The van der Waals surface area contributed by atoms with Crippen molar-refractivity contribution in [2.45, 2.75) is 13.0 Å². The molecule has 1 aromatic carbocycles. The van der Waals surface area contributed by atoms with E-state index in [-0.39, 0.29) is 5.76 Å². The van der Waals surface area contributed by atoms with E-state index in [4.69, 9.17) is 14.9 Å². The number of amides is 1. The van der Waals surface area contributed by atoms with E-state index in [2.05, 4.69) is 33.4 Å². The predicted octanol–water partition coefficient (Wildman–Crippen LogP) is 2.25. The predicted molar refractivity (Wildman–Crippen MR) is 105 cm³/mol. The smallest absolute Gasteiger partial charge is 0.284 e. The van der Waals surface area contributed by atoms with Gasteiger partial charge in [-0.15, -0.1) is 0 Å². The molecule has 1 amide bonds. The Morgan fingerprint density at radius 3 is 2.85 bits per heavy atom. The van der Waals surface area contributed by atoms with E-state index < -0.39 is 5.91 Å². The fourth-order valence-electron chi connectivity index (χ4n) is 3.05. The number of hydrogen-bond donors (Lipinski definition) is 2. The molecule has 0 saturated carbocycles. The lowest BCUT2D eigenvalue weighted by Crippen LogP contribution is -2.43. The van der Waals surface area contributed by atoms with Crippen LogP contribution in [0.3, 0.4) is 0 Å². The zero-order valence-corrected chi connectivity index (χ0v) is 15.6. The van der Waals surface area contributed by atoms with E-state index in [1.165, 1.54) is 11.1 Å². The topological polar surface area (TPSA) is 93.1 Å². The number of furan rings is 1. The first kappa shape index (κ1) is 18.6. The van der Waals surface area contributed by atoms with Crippen LogP contribution in [-0.2, 0) is 6.54 Å². The van der Waals surface area contributed by atoms with Gasteiger partial charge in [-0.3, -0.25) is 9.79 Å². The summed E-state index contributed by atoms with van der Waals surface area (Å²) in [6.07, 6.45) is 3.13. The Labute approximate surface area is 158 Å². The molecule has 3 N–H and O–H groups in total. The number of rotatable bonds is 5. The highest BCUT2D eigenvalue weighted by molar-refractivity contribution is 5.89. The first-order valence-corrected chi connectivity index (χ1v) is 8.78. The molecule has 1 aromatic heterocycles. The molecule has 2 aromatic rings. The molecule has 1 aliphatic rings. The minimum absolute atomic E-state index is 0.158. The molecule has 142 valence electrons. The van der Waals surface area contributed by atoms with Crippen LogP contribution in [0.5, 0.6) is 5.75 Å². The Hall–Kier alpha value is -3.22. The number of guanidine groups is 1. The number of nitrogens with zero attached hydrogens (tertiary/aromatic N) is 2. The second-order valence-electron chi connectivity index (χ2n) is 6.19. The molecule has 1 aliphatic heterocycles. The first-order chi connectivity index (χ1) is 13.1. The monoisotopic (exact) mass is 368 g/mol. The van der Waals surface area contributed by atoms with Crippen molar-refractivity contribution in [1.29, 1.82) is 0 Å². The second-order valence-corrected chi connectivity index (χ2v) is 6.19. The molecule has 7 nitrogen and oxygen atoms in total. The van der Waals surface area contributed by atoms with E-state index in [0.717, 1.165) is 31.2 Å². The number of methoxy groups -OCH3 is 1. The summed E-state index contributed by atoms with van der Waals surface area (Å²) < 4.78 is 10.7. The van der Waals surface area contributed by atoms with Gasteiger partial charge in [0.1, 0.15) is 11.5 Å². The highest BCUT2D eigenvalue weighted by atomic mass is 16.5. The van der Waals surface area contributed by atoms with Crippen molar-refractivity contribution >= 4 is 17.4 Å². The third kappa shape index (κ3) is 4.49. The lowest BCUT2D eigenvalue weighted by Gasteiger charge is -2.29. The third-order valence-corrected chi connectivity index (χ3v) is 4.49. The zero-order valence-electron chi connectivity index (χ0n) is 15.6. The van der Waals surface area contributed by atoms with E-state index in [1.807, 2.05) is 12.1 Å². The van der Waals surface area contributed by atoms with Crippen LogP contribution in [0.2, 0.25) is 0 Å². The maximum Gasteiger partial charge on any atom is 0.284 e. The van der Waals surface area contributed by atoms with Crippen molar-refractivity contribution in [2.24, 2.45) is 10.7 Å². The number of carbonyl (C=O) groups is 1. The molecule has 0 saturated heterocycles. The molecule has 2 heterocycles. The van der Waals surface area contributed by atoms with Crippen molar-refractivity contribution in [3.63, 3.8) is 0 Å². The van der Waals surface area contributed by atoms with Gasteiger partial charge in [0, 0.05) is 20.1 Å². The molecule has 0 spiro atoms. The quantitative estimate of drug-likeness (QED) is 0.624. The highest BCUT2D eigenvalue weighted by Crippen LogP contribution is 2.25. The van der Waals surface area contributed by atoms with Crippen molar-refractivity contribution in [3.05, 3.63) is 59.6 Å². The number of nitrogens with two attached hydrogens (primary N) is 1. The number of primary amides is 1. The van der Waals surface area contributed by atoms with Gasteiger partial charge >= 0.3 is 0 Å². The summed E-state index contributed by atoms with van der Waals surface area (Å²) in [4.78, 5) is 17.6. The van der Waals surface area contributed by atoms with E-state index in [9.17, 15) is 4.79 Å². The molecule has 3 rings (SSSR count). The molecule has 0 bridgehead atoms. The number of carbonyl (C=O) groups excluding carboxylic acids is 1. The van der Waals surface area contributed by atoms with Crippen molar-refractivity contribution in [3.8, 4) is 5.75 Å². The summed E-state index contributed by atoms with van der Waals surface area (Å²) in [5, 5.41) is 3.26. The average Bonchev–Trinajstić information content (AvgIpc) is 3.18. The maximum atomic E-state index is 11.1. The fourth-order valence-corrected chi connectivity index (χ4v) is 3.05. The SMILES string of the molecule is CN=C(NCc1ccc(C(N)=O)o1)N1CC=C(c2cccc(OC)c2)CC1. The summed E-state index contributed by atoms with van der Waals surface area (Å²) in [6.45, 7) is 2.05. The number of hydrogen-bond acceptors (Lipinski definition) is 4. The number of ether oxygens (including phenoxy) is 1. The first-order valence-electron chi connectivity index (χ1n) is 8.78. The van der Waals surface area contributed by atoms with Gasteiger partial charge in [0.15, 0.2) is 11.7 Å². The van der Waals surface area contributed by atoms with E-state index >= 15 is 0 Å². The van der Waals surface area contributed by atoms with E-state index in [0.29, 0.717) is 12.3 Å². The minimum Gasteiger partial charge on any atom is -0.497 e. The van der Waals surface area contributed by atoms with Gasteiger partial charge in [-0.25, -0.2) is 0 Å². The second kappa shape index (κ2) is 8.44. The van der Waals surface area contributed by atoms with Crippen LogP contribution in [0.15, 0.2) is 51.9 Å². The minimum atomic E-state index is -0.572. The molecule has 27 heavy (non-hydrogen) atoms. The van der Waals surface area contributed by atoms with Crippen molar-refractivity contribution < 1.29 is 13.9 Å². The van der Waals surface area contributed by atoms with Gasteiger partial charge in [-0.2, -0.15) is 0 Å². The molecule has 0 atom stereocenters. The van der Waals surface area contributed by atoms with Crippen LogP contribution in [0.1, 0.15) is 28.3 Å². The van der Waals surface area contributed by atoms with E-state index in [1.54, 1.807) is 26.3 Å². The maximum absolute atomic E-state index is 11.1. The Balaban J connectivity index is 1.60. The lowest BCUT2D eigenvalue weighted by molar-refractivity contribution is 0.0972. The normalized spacial score (nSPS) is 14.7. The molecular weight excluding hydrogens is 344 g/mol. The summed E-state index contributed by atoms with van der Waals surface area (Å²) in [6, 6.07) is 11.4.